The van der Waals surface area contributed by atoms with Crippen LogP contribution in [0.2, 0.25) is 0 Å². The van der Waals surface area contributed by atoms with Gasteiger partial charge in [0.05, 0.1) is 0 Å². The quantitative estimate of drug-likeness (QED) is 0.367. The molecule has 2 nitrogen and oxygen atoms in total. The van der Waals surface area contributed by atoms with E-state index in [0.717, 1.165) is 0 Å². The molecule has 0 aromatic carbocycles. The maximum atomic E-state index is 0. The molecule has 0 heterocycles. The SMILES string of the molecule is O.O.[AlH2].[Fe].[Ni]. The van der Waals surface area contributed by atoms with Crippen molar-refractivity contribution in [1.82, 2.24) is 0 Å². The van der Waals surface area contributed by atoms with Crippen molar-refractivity contribution in [1.29, 1.82) is 0 Å². The van der Waals surface area contributed by atoms with Gasteiger partial charge in [-0.3, -0.25) is 0 Å². The van der Waals surface area contributed by atoms with E-state index in [1.807, 2.05) is 0 Å². The molecule has 0 aliphatic rings. The second-order valence-corrected chi connectivity index (χ2v) is 0. The summed E-state index contributed by atoms with van der Waals surface area (Å²) in [6.07, 6.45) is 0. The van der Waals surface area contributed by atoms with Gasteiger partial charge in [-0.05, 0) is 0 Å². The van der Waals surface area contributed by atoms with Crippen LogP contribution in [0, 0.1) is 0 Å². The van der Waals surface area contributed by atoms with E-state index in [1.165, 1.54) is 0 Å². The molecule has 0 saturated heterocycles. The third-order valence-electron chi connectivity index (χ3n) is 0. The van der Waals surface area contributed by atoms with Crippen LogP contribution in [-0.4, -0.2) is 28.3 Å². The molecule has 5 heteroatoms. The Labute approximate surface area is 61.8 Å². The fourth-order valence-electron chi connectivity index (χ4n) is 0. The molecule has 4 N–H and O–H groups in total. The van der Waals surface area contributed by atoms with Gasteiger partial charge < -0.3 is 11.0 Å². The predicted molar refractivity (Wildman–Crippen MR) is 15.8 cm³/mol. The first-order chi connectivity index (χ1) is 0. The summed E-state index contributed by atoms with van der Waals surface area (Å²) in [6, 6.07) is 0. The molecule has 1 radical (unpaired) electrons. The maximum absolute atomic E-state index is 0. The summed E-state index contributed by atoms with van der Waals surface area (Å²) in [5.74, 6) is 0. The van der Waals surface area contributed by atoms with Crippen molar-refractivity contribution in [2.45, 2.75) is 0 Å². The number of hydrogen-bond donors (Lipinski definition) is 0. The fourth-order valence-corrected chi connectivity index (χ4v) is 0. The van der Waals surface area contributed by atoms with Crippen LogP contribution in [0.1, 0.15) is 0 Å². The molecule has 0 rings (SSSR count). The second-order valence-electron chi connectivity index (χ2n) is 0. The van der Waals surface area contributed by atoms with Crippen LogP contribution in [0.5, 0.6) is 0 Å². The monoisotopic (exact) mass is 179 g/mol. The van der Waals surface area contributed by atoms with Crippen molar-refractivity contribution < 1.29 is 44.5 Å². The van der Waals surface area contributed by atoms with Gasteiger partial charge in [0.2, 0.25) is 0 Å². The van der Waals surface area contributed by atoms with Crippen LogP contribution in [-0.2, 0) is 33.6 Å². The minimum absolute atomic E-state index is 0. The van der Waals surface area contributed by atoms with Crippen LogP contribution < -0.4 is 0 Å². The van der Waals surface area contributed by atoms with Gasteiger partial charge in [-0.25, -0.2) is 0 Å². The van der Waals surface area contributed by atoms with E-state index in [9.17, 15) is 0 Å². The van der Waals surface area contributed by atoms with Crippen LogP contribution >= 0.6 is 0 Å². The van der Waals surface area contributed by atoms with E-state index < -0.39 is 0 Å². The summed E-state index contributed by atoms with van der Waals surface area (Å²) in [6.45, 7) is 0. The first-order valence-corrected chi connectivity index (χ1v) is 0. The Morgan fingerprint density at radius 2 is 0.800 bits per heavy atom. The summed E-state index contributed by atoms with van der Waals surface area (Å²) < 4.78 is 0. The smallest absolute Gasteiger partial charge is 0.146 e. The predicted octanol–water partition coefficient (Wildman–Crippen LogP) is -2.57. The molecule has 0 spiro atoms. The van der Waals surface area contributed by atoms with Gasteiger partial charge >= 0.3 is 0 Å². The van der Waals surface area contributed by atoms with Gasteiger partial charge in [0.1, 0.15) is 17.4 Å². The molecular formula is H6AlFeNiO2. The maximum Gasteiger partial charge on any atom is 0.146 e. The van der Waals surface area contributed by atoms with Gasteiger partial charge in [0.25, 0.3) is 0 Å². The average Bonchev–Trinajstić information content (AvgIpc) is 0. The molecular weight excluding hydrogens is 174 g/mol. The van der Waals surface area contributed by atoms with Crippen molar-refractivity contribution in [2.24, 2.45) is 0 Å². The zero-order valence-electron chi connectivity index (χ0n) is 2.67. The van der Waals surface area contributed by atoms with Crippen LogP contribution in [0.4, 0.5) is 0 Å². The molecule has 0 aromatic rings. The molecule has 0 fully saturated rings. The van der Waals surface area contributed by atoms with Crippen molar-refractivity contribution in [3.63, 3.8) is 0 Å². The van der Waals surface area contributed by atoms with E-state index >= 15 is 0 Å². The minimum atomic E-state index is 0. The number of hydrogen-bond acceptors (Lipinski definition) is 0. The van der Waals surface area contributed by atoms with Gasteiger partial charge in [-0.15, -0.1) is 0 Å². The van der Waals surface area contributed by atoms with Crippen molar-refractivity contribution in [3.8, 4) is 0 Å². The third kappa shape index (κ3) is 30.6. The molecule has 0 aromatic heterocycles. The van der Waals surface area contributed by atoms with E-state index in [1.54, 1.807) is 0 Å². The van der Waals surface area contributed by atoms with Gasteiger partial charge in [0.15, 0.2) is 0 Å². The van der Waals surface area contributed by atoms with E-state index in [0.29, 0.717) is 0 Å². The normalized spacial score (nSPS) is 0. The largest absolute Gasteiger partial charge is 0.412 e. The molecule has 0 aliphatic carbocycles. The minimum Gasteiger partial charge on any atom is -0.412 e. The molecule has 0 aliphatic heterocycles. The molecule has 0 unspecified atom stereocenters. The van der Waals surface area contributed by atoms with Gasteiger partial charge in [-0.1, -0.05) is 0 Å². The number of rotatable bonds is 0. The summed E-state index contributed by atoms with van der Waals surface area (Å²) in [5, 5.41) is 0. The molecule has 0 bridgehead atoms. The summed E-state index contributed by atoms with van der Waals surface area (Å²) in [4.78, 5) is 0. The Hall–Kier alpha value is 1.47. The van der Waals surface area contributed by atoms with E-state index in [4.69, 9.17) is 0 Å². The zero-order valence-corrected chi connectivity index (χ0v) is 6.76. The Kier molecular flexibility index (Phi) is 913. The van der Waals surface area contributed by atoms with Crippen molar-refractivity contribution >= 4 is 17.4 Å². The molecule has 0 amide bonds. The molecule has 0 saturated carbocycles. The molecule has 39 valence electrons. The summed E-state index contributed by atoms with van der Waals surface area (Å²) in [5.41, 5.74) is 0. The van der Waals surface area contributed by atoms with Crippen LogP contribution in [0.15, 0.2) is 0 Å². The Morgan fingerprint density at radius 1 is 0.800 bits per heavy atom. The fraction of sp³-hybridized carbons (Fsp3) is 0. The zero-order chi connectivity index (χ0) is 0. The Morgan fingerprint density at radius 3 is 0.800 bits per heavy atom. The first kappa shape index (κ1) is 89.9. The first-order valence-electron chi connectivity index (χ1n) is 0. The van der Waals surface area contributed by atoms with E-state index in [-0.39, 0.29) is 61.9 Å². The van der Waals surface area contributed by atoms with Gasteiger partial charge in [0, 0.05) is 33.6 Å². The van der Waals surface area contributed by atoms with E-state index in [2.05, 4.69) is 0 Å². The van der Waals surface area contributed by atoms with Crippen molar-refractivity contribution in [2.75, 3.05) is 0 Å². The third-order valence-corrected chi connectivity index (χ3v) is 0. The Balaban J connectivity index is 0. The van der Waals surface area contributed by atoms with Gasteiger partial charge in [-0.2, -0.15) is 0 Å². The second kappa shape index (κ2) is 50.7. The summed E-state index contributed by atoms with van der Waals surface area (Å²) >= 11 is 0. The average molecular weight is 180 g/mol. The molecule has 0 atom stereocenters. The van der Waals surface area contributed by atoms with Crippen LogP contribution in [0.3, 0.4) is 0 Å². The summed E-state index contributed by atoms with van der Waals surface area (Å²) in [7, 11) is 0. The molecule has 5 heavy (non-hydrogen) atoms. The standard InChI is InChI=1S/Al.Fe.Ni.2H2O.2H/h;;;2*1H2;;. The topological polar surface area (TPSA) is 63.0 Å². The Bertz CT molecular complexity index is 9.61. The van der Waals surface area contributed by atoms with Crippen LogP contribution in [0.25, 0.3) is 0 Å². The van der Waals surface area contributed by atoms with Crippen molar-refractivity contribution in [3.05, 3.63) is 0 Å².